The third kappa shape index (κ3) is 4.42. The minimum atomic E-state index is -0.877. The van der Waals surface area contributed by atoms with Gasteiger partial charge in [0, 0.05) is 12.6 Å². The summed E-state index contributed by atoms with van der Waals surface area (Å²) >= 11 is 0. The monoisotopic (exact) mass is 268 g/mol. The highest BCUT2D eigenvalue weighted by Crippen LogP contribution is 2.24. The van der Waals surface area contributed by atoms with Crippen LogP contribution in [0.15, 0.2) is 18.2 Å². The fourth-order valence-electron chi connectivity index (χ4n) is 1.59. The van der Waals surface area contributed by atoms with Gasteiger partial charge in [-0.15, -0.1) is 0 Å². The number of nitrogens with one attached hydrogen (secondary N) is 1. The highest BCUT2D eigenvalue weighted by Gasteiger charge is 2.11. The number of nitrogens with two attached hydrogens (primary N) is 1. The maximum absolute atomic E-state index is 11.4. The zero-order valence-corrected chi connectivity index (χ0v) is 11.2. The molecule has 0 saturated heterocycles. The van der Waals surface area contributed by atoms with Crippen molar-refractivity contribution < 1.29 is 19.4 Å². The first-order valence-electron chi connectivity index (χ1n) is 5.97. The molecule has 0 saturated carbocycles. The Morgan fingerprint density at radius 1 is 1.42 bits per heavy atom. The third-order valence-corrected chi connectivity index (χ3v) is 2.72. The molecule has 4 N–H and O–H groups in total. The molecule has 1 atom stereocenters. The number of aliphatic hydroxyl groups excluding tert-OH is 1. The second-order valence-corrected chi connectivity index (χ2v) is 4.01. The Bertz CT molecular complexity index is 423. The van der Waals surface area contributed by atoms with E-state index < -0.39 is 6.04 Å². The lowest BCUT2D eigenvalue weighted by molar-refractivity contribution is -0.123. The summed E-state index contributed by atoms with van der Waals surface area (Å²) in [7, 11) is 3.17. The van der Waals surface area contributed by atoms with Crippen molar-refractivity contribution >= 4 is 5.91 Å². The maximum Gasteiger partial charge on any atom is 0.239 e. The molecular weight excluding hydrogens is 248 g/mol. The molecule has 1 unspecified atom stereocenters. The standard InChI is InChI=1S/C13H20N2O4/c1-18-10-4-3-9(12(7-10)19-2)5-6-15-13(17)11(14)8-16/h3-4,7,11,16H,5-6,8,14H2,1-2H3,(H,15,17). The number of aliphatic hydroxyl groups is 1. The Balaban J connectivity index is 2.56. The van der Waals surface area contributed by atoms with Crippen LogP contribution in [0.25, 0.3) is 0 Å². The molecule has 106 valence electrons. The lowest BCUT2D eigenvalue weighted by Gasteiger charge is -2.12. The molecular formula is C13H20N2O4. The van der Waals surface area contributed by atoms with Crippen LogP contribution in [0.3, 0.4) is 0 Å². The molecule has 0 aliphatic rings. The molecule has 0 aromatic heterocycles. The summed E-state index contributed by atoms with van der Waals surface area (Å²) in [4.78, 5) is 11.4. The van der Waals surface area contributed by atoms with Crippen molar-refractivity contribution in [1.82, 2.24) is 5.32 Å². The Morgan fingerprint density at radius 3 is 2.74 bits per heavy atom. The molecule has 6 nitrogen and oxygen atoms in total. The molecule has 0 fully saturated rings. The number of methoxy groups -OCH3 is 2. The van der Waals surface area contributed by atoms with Crippen LogP contribution in [0, 0.1) is 0 Å². The molecule has 0 radical (unpaired) electrons. The van der Waals surface area contributed by atoms with Crippen molar-refractivity contribution in [2.24, 2.45) is 5.73 Å². The van der Waals surface area contributed by atoms with Gasteiger partial charge in [-0.2, -0.15) is 0 Å². The Hall–Kier alpha value is -1.79. The van der Waals surface area contributed by atoms with Gasteiger partial charge in [-0.25, -0.2) is 0 Å². The molecule has 1 amide bonds. The summed E-state index contributed by atoms with van der Waals surface area (Å²) in [5, 5.41) is 11.4. The largest absolute Gasteiger partial charge is 0.497 e. The fourth-order valence-corrected chi connectivity index (χ4v) is 1.59. The molecule has 6 heteroatoms. The quantitative estimate of drug-likeness (QED) is 0.630. The summed E-state index contributed by atoms with van der Waals surface area (Å²) in [6.45, 7) is 0.0624. The van der Waals surface area contributed by atoms with Crippen LogP contribution >= 0.6 is 0 Å². The summed E-state index contributed by atoms with van der Waals surface area (Å²) in [5.74, 6) is 1.06. The molecule has 0 aliphatic carbocycles. The van der Waals surface area contributed by atoms with Gasteiger partial charge in [-0.1, -0.05) is 6.07 Å². The summed E-state index contributed by atoms with van der Waals surface area (Å²) in [6, 6.07) is 4.63. The highest BCUT2D eigenvalue weighted by molar-refractivity contribution is 5.81. The van der Waals surface area contributed by atoms with Crippen LogP contribution in [0.1, 0.15) is 5.56 Å². The van der Waals surface area contributed by atoms with Crippen LogP contribution < -0.4 is 20.5 Å². The lowest BCUT2D eigenvalue weighted by atomic mass is 10.1. The van der Waals surface area contributed by atoms with Crippen molar-refractivity contribution in [1.29, 1.82) is 0 Å². The SMILES string of the molecule is COc1ccc(CCNC(=O)C(N)CO)c(OC)c1. The molecule has 0 spiro atoms. The lowest BCUT2D eigenvalue weighted by Crippen LogP contribution is -2.43. The number of hydrogen-bond acceptors (Lipinski definition) is 5. The van der Waals surface area contributed by atoms with Gasteiger partial charge in [0.25, 0.3) is 0 Å². The number of hydrogen-bond donors (Lipinski definition) is 3. The van der Waals surface area contributed by atoms with E-state index in [9.17, 15) is 4.79 Å². The van der Waals surface area contributed by atoms with Gasteiger partial charge in [0.15, 0.2) is 0 Å². The number of ether oxygens (including phenoxy) is 2. The van der Waals surface area contributed by atoms with E-state index in [1.807, 2.05) is 12.1 Å². The van der Waals surface area contributed by atoms with E-state index in [1.165, 1.54) is 0 Å². The zero-order chi connectivity index (χ0) is 14.3. The van der Waals surface area contributed by atoms with Crippen molar-refractivity contribution in [3.63, 3.8) is 0 Å². The van der Waals surface area contributed by atoms with Crippen LogP contribution in [0.4, 0.5) is 0 Å². The normalized spacial score (nSPS) is 11.8. The Kier molecular flexibility index (Phi) is 6.11. The molecule has 19 heavy (non-hydrogen) atoms. The zero-order valence-electron chi connectivity index (χ0n) is 11.2. The van der Waals surface area contributed by atoms with Gasteiger partial charge in [0.1, 0.15) is 17.5 Å². The first-order chi connectivity index (χ1) is 9.12. The average molecular weight is 268 g/mol. The van der Waals surface area contributed by atoms with Gasteiger partial charge >= 0.3 is 0 Å². The summed E-state index contributed by atoms with van der Waals surface area (Å²) in [6.07, 6.45) is 0.608. The number of benzene rings is 1. The predicted octanol–water partition coefficient (Wildman–Crippen LogP) is -0.318. The molecule has 0 aliphatic heterocycles. The molecule has 0 bridgehead atoms. The van der Waals surface area contributed by atoms with Gasteiger partial charge in [-0.3, -0.25) is 4.79 Å². The Labute approximate surface area is 112 Å². The third-order valence-electron chi connectivity index (χ3n) is 2.72. The second kappa shape index (κ2) is 7.60. The van der Waals surface area contributed by atoms with Gasteiger partial charge in [0.2, 0.25) is 5.91 Å². The van der Waals surface area contributed by atoms with Crippen molar-refractivity contribution in [2.45, 2.75) is 12.5 Å². The van der Waals surface area contributed by atoms with Gasteiger partial charge < -0.3 is 25.6 Å². The van der Waals surface area contributed by atoms with Crippen LogP contribution in [-0.2, 0) is 11.2 Å². The summed E-state index contributed by atoms with van der Waals surface area (Å²) < 4.78 is 10.4. The molecule has 1 aromatic carbocycles. The van der Waals surface area contributed by atoms with Crippen LogP contribution in [0.2, 0.25) is 0 Å². The van der Waals surface area contributed by atoms with Crippen molar-refractivity contribution in [3.8, 4) is 11.5 Å². The van der Waals surface area contributed by atoms with Crippen molar-refractivity contribution in [3.05, 3.63) is 23.8 Å². The van der Waals surface area contributed by atoms with E-state index in [1.54, 1.807) is 20.3 Å². The fraction of sp³-hybridized carbons (Fsp3) is 0.462. The van der Waals surface area contributed by atoms with E-state index >= 15 is 0 Å². The highest BCUT2D eigenvalue weighted by atomic mass is 16.5. The average Bonchev–Trinajstić information content (AvgIpc) is 2.46. The van der Waals surface area contributed by atoms with Crippen LogP contribution in [-0.4, -0.2) is 44.4 Å². The molecule has 1 aromatic rings. The van der Waals surface area contributed by atoms with Crippen molar-refractivity contribution in [2.75, 3.05) is 27.4 Å². The van der Waals surface area contributed by atoms with E-state index in [2.05, 4.69) is 5.32 Å². The number of carbonyl (C=O) groups is 1. The first-order valence-corrected chi connectivity index (χ1v) is 5.97. The van der Waals surface area contributed by atoms with E-state index in [4.69, 9.17) is 20.3 Å². The minimum absolute atomic E-state index is 0.363. The predicted molar refractivity (Wildman–Crippen MR) is 71.3 cm³/mol. The Morgan fingerprint density at radius 2 is 2.16 bits per heavy atom. The van der Waals surface area contributed by atoms with E-state index in [0.29, 0.717) is 24.5 Å². The maximum atomic E-state index is 11.4. The first kappa shape index (κ1) is 15.3. The topological polar surface area (TPSA) is 93.8 Å². The molecule has 0 heterocycles. The van der Waals surface area contributed by atoms with E-state index in [-0.39, 0.29) is 12.5 Å². The van der Waals surface area contributed by atoms with E-state index in [0.717, 1.165) is 5.56 Å². The number of amides is 1. The second-order valence-electron chi connectivity index (χ2n) is 4.01. The number of rotatable bonds is 7. The smallest absolute Gasteiger partial charge is 0.239 e. The van der Waals surface area contributed by atoms with Gasteiger partial charge in [0.05, 0.1) is 20.8 Å². The summed E-state index contributed by atoms with van der Waals surface area (Å²) in [5.41, 5.74) is 6.35. The minimum Gasteiger partial charge on any atom is -0.497 e. The molecule has 1 rings (SSSR count). The van der Waals surface area contributed by atoms with Gasteiger partial charge in [-0.05, 0) is 18.1 Å². The van der Waals surface area contributed by atoms with Crippen LogP contribution in [0.5, 0.6) is 11.5 Å². The number of carbonyl (C=O) groups excluding carboxylic acids is 1.